The maximum atomic E-state index is 11.5. The average molecular weight is 196 g/mol. The number of esters is 1. The first kappa shape index (κ1) is 9.05. The van der Waals surface area contributed by atoms with Gasteiger partial charge in [-0.15, -0.1) is 0 Å². The summed E-state index contributed by atoms with van der Waals surface area (Å²) < 4.78 is 9.79. The molecule has 0 unspecified atom stereocenters. The molecule has 1 aliphatic carbocycles. The van der Waals surface area contributed by atoms with Crippen LogP contribution in [0, 0.1) is 0 Å². The summed E-state index contributed by atoms with van der Waals surface area (Å²) in [6.07, 6.45) is 5.45. The lowest BCUT2D eigenvalue weighted by Gasteiger charge is -2.09. The number of nitrogens with zero attached hydrogens (tertiary/aromatic N) is 1. The molecule has 0 bridgehead atoms. The van der Waals surface area contributed by atoms with Crippen molar-refractivity contribution in [2.45, 2.75) is 31.8 Å². The topological polar surface area (TPSA) is 78.4 Å². The van der Waals surface area contributed by atoms with E-state index in [0.717, 1.165) is 25.7 Å². The first-order valence-electron chi connectivity index (χ1n) is 4.68. The molecule has 1 fully saturated rings. The second kappa shape index (κ2) is 3.69. The van der Waals surface area contributed by atoms with Gasteiger partial charge in [-0.05, 0) is 25.7 Å². The smallest absolute Gasteiger partial charge is 0.345 e. The van der Waals surface area contributed by atoms with Gasteiger partial charge in [-0.1, -0.05) is 5.16 Å². The van der Waals surface area contributed by atoms with E-state index in [9.17, 15) is 4.79 Å². The fraction of sp³-hybridized carbons (Fsp3) is 0.556. The molecule has 5 heteroatoms. The van der Waals surface area contributed by atoms with Crippen molar-refractivity contribution >= 4 is 11.9 Å². The van der Waals surface area contributed by atoms with Crippen molar-refractivity contribution in [1.29, 1.82) is 0 Å². The molecule has 1 aromatic rings. The van der Waals surface area contributed by atoms with Crippen LogP contribution < -0.4 is 5.73 Å². The zero-order valence-electron chi connectivity index (χ0n) is 7.73. The fourth-order valence-corrected chi connectivity index (χ4v) is 1.62. The zero-order valence-corrected chi connectivity index (χ0v) is 7.73. The normalized spacial score (nSPS) is 17.1. The Bertz CT molecular complexity index is 329. The Morgan fingerprint density at radius 3 is 2.86 bits per heavy atom. The van der Waals surface area contributed by atoms with E-state index < -0.39 is 5.97 Å². The summed E-state index contributed by atoms with van der Waals surface area (Å²) >= 11 is 0. The summed E-state index contributed by atoms with van der Waals surface area (Å²) in [7, 11) is 0. The number of rotatable bonds is 2. The highest BCUT2D eigenvalue weighted by atomic mass is 16.5. The van der Waals surface area contributed by atoms with Gasteiger partial charge in [0, 0.05) is 0 Å². The fourth-order valence-electron chi connectivity index (χ4n) is 1.62. The van der Waals surface area contributed by atoms with Gasteiger partial charge in [0.25, 0.3) is 0 Å². The van der Waals surface area contributed by atoms with Crippen LogP contribution in [0.15, 0.2) is 10.7 Å². The van der Waals surface area contributed by atoms with Crippen LogP contribution in [0.2, 0.25) is 0 Å². The third kappa shape index (κ3) is 1.71. The summed E-state index contributed by atoms with van der Waals surface area (Å²) in [6, 6.07) is 0. The third-order valence-electron chi connectivity index (χ3n) is 2.39. The Balaban J connectivity index is 1.98. The van der Waals surface area contributed by atoms with Crippen LogP contribution in [-0.2, 0) is 4.74 Å². The summed E-state index contributed by atoms with van der Waals surface area (Å²) in [5.41, 5.74) is 5.61. The number of anilines is 1. The van der Waals surface area contributed by atoms with Crippen molar-refractivity contribution in [2.75, 3.05) is 5.73 Å². The van der Waals surface area contributed by atoms with Gasteiger partial charge in [0.15, 0.2) is 0 Å². The maximum absolute atomic E-state index is 11.5. The lowest BCUT2D eigenvalue weighted by atomic mass is 10.3. The standard InChI is InChI=1S/C9H12N2O3/c10-8-7(5-11-14-8)9(12)13-6-3-1-2-4-6/h5-6H,1-4,10H2. The number of ether oxygens (including phenoxy) is 1. The van der Waals surface area contributed by atoms with Gasteiger partial charge < -0.3 is 15.0 Å². The summed E-state index contributed by atoms with van der Waals surface area (Å²) in [5, 5.41) is 3.42. The predicted molar refractivity (Wildman–Crippen MR) is 48.6 cm³/mol. The summed E-state index contributed by atoms with van der Waals surface area (Å²) in [5.74, 6) is -0.413. The van der Waals surface area contributed by atoms with Crippen LogP contribution >= 0.6 is 0 Å². The number of nitrogens with two attached hydrogens (primary N) is 1. The highest BCUT2D eigenvalue weighted by Gasteiger charge is 2.22. The van der Waals surface area contributed by atoms with Crippen LogP contribution in [0.3, 0.4) is 0 Å². The molecule has 0 amide bonds. The minimum absolute atomic E-state index is 0.0213. The van der Waals surface area contributed by atoms with Crippen molar-refractivity contribution in [1.82, 2.24) is 5.16 Å². The first-order chi connectivity index (χ1) is 6.77. The Morgan fingerprint density at radius 2 is 2.29 bits per heavy atom. The Morgan fingerprint density at radius 1 is 1.57 bits per heavy atom. The molecule has 0 atom stereocenters. The lowest BCUT2D eigenvalue weighted by molar-refractivity contribution is 0.0318. The van der Waals surface area contributed by atoms with Crippen LogP contribution in [0.25, 0.3) is 0 Å². The van der Waals surface area contributed by atoms with Crippen LogP contribution in [0.4, 0.5) is 5.88 Å². The molecule has 0 aromatic carbocycles. The largest absolute Gasteiger partial charge is 0.459 e. The number of aromatic nitrogens is 1. The number of hydrogen-bond donors (Lipinski definition) is 1. The van der Waals surface area contributed by atoms with Crippen molar-refractivity contribution in [3.8, 4) is 0 Å². The molecule has 1 aromatic heterocycles. The molecular formula is C9H12N2O3. The predicted octanol–water partition coefficient (Wildman–Crippen LogP) is 1.36. The van der Waals surface area contributed by atoms with E-state index in [1.807, 2.05) is 0 Å². The molecule has 76 valence electrons. The van der Waals surface area contributed by atoms with E-state index in [2.05, 4.69) is 9.68 Å². The molecule has 0 radical (unpaired) electrons. The van der Waals surface area contributed by atoms with Crippen LogP contribution in [0.1, 0.15) is 36.0 Å². The van der Waals surface area contributed by atoms with E-state index in [1.54, 1.807) is 0 Å². The lowest BCUT2D eigenvalue weighted by Crippen LogP contribution is -2.15. The molecule has 5 nitrogen and oxygen atoms in total. The maximum Gasteiger partial charge on any atom is 0.345 e. The molecule has 0 aliphatic heterocycles. The average Bonchev–Trinajstić information content (AvgIpc) is 2.75. The molecule has 1 aliphatic rings. The minimum Gasteiger partial charge on any atom is -0.459 e. The highest BCUT2D eigenvalue weighted by molar-refractivity contribution is 5.93. The van der Waals surface area contributed by atoms with Crippen LogP contribution in [0.5, 0.6) is 0 Å². The Kier molecular flexibility index (Phi) is 2.39. The minimum atomic E-state index is -0.435. The number of carbonyl (C=O) groups excluding carboxylic acids is 1. The van der Waals surface area contributed by atoms with Crippen molar-refractivity contribution in [2.24, 2.45) is 0 Å². The molecule has 2 N–H and O–H groups in total. The molecule has 1 saturated carbocycles. The Hall–Kier alpha value is -1.52. The van der Waals surface area contributed by atoms with E-state index in [0.29, 0.717) is 0 Å². The van der Waals surface area contributed by atoms with E-state index in [-0.39, 0.29) is 17.6 Å². The number of nitrogen functional groups attached to an aromatic ring is 1. The quantitative estimate of drug-likeness (QED) is 0.722. The zero-order chi connectivity index (χ0) is 9.97. The van der Waals surface area contributed by atoms with Gasteiger partial charge in [-0.2, -0.15) is 0 Å². The summed E-state index contributed by atoms with van der Waals surface area (Å²) in [6.45, 7) is 0. The van der Waals surface area contributed by atoms with Gasteiger partial charge in [-0.3, -0.25) is 0 Å². The first-order valence-corrected chi connectivity index (χ1v) is 4.68. The van der Waals surface area contributed by atoms with E-state index in [1.165, 1.54) is 6.20 Å². The van der Waals surface area contributed by atoms with Crippen molar-refractivity contribution in [3.63, 3.8) is 0 Å². The van der Waals surface area contributed by atoms with Gasteiger partial charge in [0.05, 0.1) is 6.20 Å². The van der Waals surface area contributed by atoms with Crippen LogP contribution in [-0.4, -0.2) is 17.2 Å². The van der Waals surface area contributed by atoms with Gasteiger partial charge in [0.1, 0.15) is 11.7 Å². The van der Waals surface area contributed by atoms with Gasteiger partial charge >= 0.3 is 5.97 Å². The Labute approximate surface area is 81.2 Å². The van der Waals surface area contributed by atoms with E-state index >= 15 is 0 Å². The summed E-state index contributed by atoms with van der Waals surface area (Å²) in [4.78, 5) is 11.5. The molecule has 0 spiro atoms. The van der Waals surface area contributed by atoms with Crippen molar-refractivity contribution in [3.05, 3.63) is 11.8 Å². The second-order valence-corrected chi connectivity index (χ2v) is 3.42. The SMILES string of the molecule is Nc1oncc1C(=O)OC1CCCC1. The molecule has 1 heterocycles. The molecule has 0 saturated heterocycles. The van der Waals surface area contributed by atoms with E-state index in [4.69, 9.17) is 10.5 Å². The number of carbonyl (C=O) groups is 1. The molecular weight excluding hydrogens is 184 g/mol. The van der Waals surface area contributed by atoms with Gasteiger partial charge in [-0.25, -0.2) is 4.79 Å². The molecule has 2 rings (SSSR count). The van der Waals surface area contributed by atoms with Crippen molar-refractivity contribution < 1.29 is 14.1 Å². The molecule has 14 heavy (non-hydrogen) atoms. The monoisotopic (exact) mass is 196 g/mol. The van der Waals surface area contributed by atoms with Gasteiger partial charge in [0.2, 0.25) is 5.88 Å². The second-order valence-electron chi connectivity index (χ2n) is 3.42. The highest BCUT2D eigenvalue weighted by Crippen LogP contribution is 2.23. The third-order valence-corrected chi connectivity index (χ3v) is 2.39. The number of hydrogen-bond acceptors (Lipinski definition) is 5.